The number of likely N-dealkylation sites (tertiary alicyclic amines) is 1. The van der Waals surface area contributed by atoms with Crippen molar-refractivity contribution in [2.45, 2.75) is 56.8 Å². The summed E-state index contributed by atoms with van der Waals surface area (Å²) < 4.78 is 0. The minimum atomic E-state index is -1.18. The standard InChI is InChI=1S/C15H27BN2O3/c1-4-5-8-15(16,14(20)21)9-11-18-10-6-7-12(18)13(19)17(2)3/h12H,4-11H2,1-3H3,(H,20,21)/t12-,15?/m0/s1. The third kappa shape index (κ3) is 4.73. The average molecular weight is 294 g/mol. The minimum Gasteiger partial charge on any atom is -0.481 e. The van der Waals surface area contributed by atoms with Gasteiger partial charge in [0.15, 0.2) is 0 Å². The first-order valence-corrected chi connectivity index (χ1v) is 7.79. The highest BCUT2D eigenvalue weighted by Gasteiger charge is 2.36. The molecule has 0 spiro atoms. The molecule has 6 heteroatoms. The summed E-state index contributed by atoms with van der Waals surface area (Å²) in [6, 6.07) is -0.121. The van der Waals surface area contributed by atoms with Crippen molar-refractivity contribution in [2.75, 3.05) is 27.2 Å². The van der Waals surface area contributed by atoms with E-state index in [1.165, 1.54) is 0 Å². The predicted molar refractivity (Wildman–Crippen MR) is 83.5 cm³/mol. The lowest BCUT2D eigenvalue weighted by Gasteiger charge is -2.31. The number of carbonyl (C=O) groups excluding carboxylic acids is 1. The number of carboxylic acid groups (broad SMARTS) is 1. The van der Waals surface area contributed by atoms with Gasteiger partial charge in [0, 0.05) is 19.4 Å². The summed E-state index contributed by atoms with van der Waals surface area (Å²) in [5, 5.41) is 8.20. The molecule has 21 heavy (non-hydrogen) atoms. The van der Waals surface area contributed by atoms with Crippen molar-refractivity contribution in [1.82, 2.24) is 9.80 Å². The van der Waals surface area contributed by atoms with Gasteiger partial charge in [0.1, 0.15) is 0 Å². The van der Waals surface area contributed by atoms with E-state index in [0.717, 1.165) is 32.2 Å². The van der Waals surface area contributed by atoms with Crippen LogP contribution in [0.3, 0.4) is 0 Å². The highest BCUT2D eigenvalue weighted by Crippen LogP contribution is 2.34. The van der Waals surface area contributed by atoms with Crippen molar-refractivity contribution in [3.05, 3.63) is 0 Å². The van der Waals surface area contributed by atoms with E-state index in [2.05, 4.69) is 4.90 Å². The SMILES string of the molecule is [B]C(CCCC)(CCN1CCC[C@H]1C(=O)N(C)C)C(=O)O. The van der Waals surface area contributed by atoms with E-state index < -0.39 is 11.3 Å². The molecule has 1 fully saturated rings. The second-order valence-electron chi connectivity index (χ2n) is 6.24. The highest BCUT2D eigenvalue weighted by atomic mass is 16.4. The Hall–Kier alpha value is -1.04. The molecule has 1 saturated heterocycles. The van der Waals surface area contributed by atoms with E-state index in [0.29, 0.717) is 19.4 Å². The molecule has 5 nitrogen and oxygen atoms in total. The number of carbonyl (C=O) groups is 2. The van der Waals surface area contributed by atoms with Crippen molar-refractivity contribution in [2.24, 2.45) is 0 Å². The van der Waals surface area contributed by atoms with Gasteiger partial charge in [0.2, 0.25) is 5.91 Å². The molecule has 1 unspecified atom stereocenters. The first-order valence-electron chi connectivity index (χ1n) is 7.79. The van der Waals surface area contributed by atoms with Crippen molar-refractivity contribution < 1.29 is 14.7 Å². The topological polar surface area (TPSA) is 60.9 Å². The van der Waals surface area contributed by atoms with Gasteiger partial charge in [-0.2, -0.15) is 0 Å². The van der Waals surface area contributed by atoms with Crippen molar-refractivity contribution in [3.8, 4) is 0 Å². The molecular weight excluding hydrogens is 267 g/mol. The van der Waals surface area contributed by atoms with Crippen LogP contribution in [-0.2, 0) is 9.59 Å². The summed E-state index contributed by atoms with van der Waals surface area (Å²) in [4.78, 5) is 27.2. The van der Waals surface area contributed by atoms with Crippen LogP contribution in [0.5, 0.6) is 0 Å². The molecule has 0 aromatic heterocycles. The zero-order valence-electron chi connectivity index (χ0n) is 13.5. The van der Waals surface area contributed by atoms with Crippen LogP contribution in [0.1, 0.15) is 45.4 Å². The lowest BCUT2D eigenvalue weighted by molar-refractivity contribution is -0.141. The molecule has 1 N–H and O–H groups in total. The monoisotopic (exact) mass is 294 g/mol. The van der Waals surface area contributed by atoms with E-state index >= 15 is 0 Å². The summed E-state index contributed by atoms with van der Waals surface area (Å²) in [5.74, 6) is -0.843. The van der Waals surface area contributed by atoms with Gasteiger partial charge in [-0.15, -0.1) is 0 Å². The zero-order valence-corrected chi connectivity index (χ0v) is 13.5. The molecule has 2 radical (unpaired) electrons. The molecule has 0 aliphatic carbocycles. The third-order valence-corrected chi connectivity index (χ3v) is 4.34. The van der Waals surface area contributed by atoms with Crippen molar-refractivity contribution in [3.63, 3.8) is 0 Å². The van der Waals surface area contributed by atoms with Crippen LogP contribution in [0.25, 0.3) is 0 Å². The second-order valence-corrected chi connectivity index (χ2v) is 6.24. The van der Waals surface area contributed by atoms with Crippen LogP contribution in [0.15, 0.2) is 0 Å². The maximum Gasteiger partial charge on any atom is 0.300 e. The fourth-order valence-corrected chi connectivity index (χ4v) is 2.85. The van der Waals surface area contributed by atoms with Crippen molar-refractivity contribution >= 4 is 19.7 Å². The quantitative estimate of drug-likeness (QED) is 0.690. The number of rotatable bonds is 8. The number of hydrogen-bond donors (Lipinski definition) is 1. The lowest BCUT2D eigenvalue weighted by atomic mass is 9.63. The minimum absolute atomic E-state index is 0.0963. The van der Waals surface area contributed by atoms with Crippen molar-refractivity contribution in [1.29, 1.82) is 0 Å². The number of hydrogen-bond acceptors (Lipinski definition) is 3. The molecule has 1 aliphatic rings. The van der Waals surface area contributed by atoms with Gasteiger partial charge in [-0.25, -0.2) is 0 Å². The second kappa shape index (κ2) is 7.83. The van der Waals surface area contributed by atoms with Crippen LogP contribution >= 0.6 is 0 Å². The molecule has 1 heterocycles. The van der Waals surface area contributed by atoms with Crippen LogP contribution in [0.4, 0.5) is 0 Å². The number of unbranched alkanes of at least 4 members (excludes halogenated alkanes) is 1. The molecular formula is C15H27BN2O3. The van der Waals surface area contributed by atoms with Gasteiger partial charge in [-0.1, -0.05) is 19.8 Å². The van der Waals surface area contributed by atoms with Gasteiger partial charge < -0.3 is 10.0 Å². The van der Waals surface area contributed by atoms with Gasteiger partial charge in [0.05, 0.1) is 13.9 Å². The van der Waals surface area contributed by atoms with Crippen LogP contribution in [0.2, 0.25) is 5.31 Å². The molecule has 0 aromatic carbocycles. The largest absolute Gasteiger partial charge is 0.481 e. The Morgan fingerprint density at radius 2 is 2.05 bits per heavy atom. The Bertz CT molecular complexity index is 376. The summed E-state index contributed by atoms with van der Waals surface area (Å²) in [5.41, 5.74) is 0. The maximum atomic E-state index is 12.1. The first kappa shape index (κ1) is 18.0. The van der Waals surface area contributed by atoms with Crippen LogP contribution in [0, 0.1) is 0 Å². The number of amides is 1. The summed E-state index contributed by atoms with van der Waals surface area (Å²) in [6.07, 6.45) is 4.43. The van der Waals surface area contributed by atoms with E-state index in [1.807, 2.05) is 6.92 Å². The van der Waals surface area contributed by atoms with E-state index in [9.17, 15) is 14.7 Å². The first-order chi connectivity index (χ1) is 9.81. The Morgan fingerprint density at radius 1 is 1.38 bits per heavy atom. The molecule has 0 bridgehead atoms. The molecule has 118 valence electrons. The molecule has 0 saturated carbocycles. The van der Waals surface area contributed by atoms with Gasteiger partial charge >= 0.3 is 5.97 Å². The molecule has 1 amide bonds. The summed E-state index contributed by atoms with van der Waals surface area (Å²) in [6.45, 7) is 3.43. The fraction of sp³-hybridized carbons (Fsp3) is 0.867. The van der Waals surface area contributed by atoms with Crippen LogP contribution in [-0.4, -0.2) is 67.9 Å². The van der Waals surface area contributed by atoms with Gasteiger partial charge in [-0.05, 0) is 38.8 Å². The maximum absolute atomic E-state index is 12.1. The van der Waals surface area contributed by atoms with Crippen LogP contribution < -0.4 is 0 Å². The Kier molecular flexibility index (Phi) is 6.71. The van der Waals surface area contributed by atoms with Gasteiger partial charge in [0.25, 0.3) is 0 Å². The molecule has 1 rings (SSSR count). The molecule has 0 aromatic rings. The molecule has 2 atom stereocenters. The number of likely N-dealkylation sites (N-methyl/N-ethyl adjacent to an activating group) is 1. The zero-order chi connectivity index (χ0) is 16.0. The normalized spacial score (nSPS) is 22.0. The van der Waals surface area contributed by atoms with Gasteiger partial charge in [-0.3, -0.25) is 14.5 Å². The number of carboxylic acids is 1. The van der Waals surface area contributed by atoms with E-state index in [1.54, 1.807) is 19.0 Å². The summed E-state index contributed by atoms with van der Waals surface area (Å²) >= 11 is 0. The lowest BCUT2D eigenvalue weighted by Crippen LogP contribution is -2.44. The third-order valence-electron chi connectivity index (χ3n) is 4.34. The number of aliphatic carboxylic acids is 1. The Balaban J connectivity index is 2.62. The average Bonchev–Trinajstić information content (AvgIpc) is 2.90. The number of nitrogens with zero attached hydrogens (tertiary/aromatic N) is 2. The van der Waals surface area contributed by atoms with E-state index in [4.69, 9.17) is 7.85 Å². The van der Waals surface area contributed by atoms with E-state index in [-0.39, 0.29) is 11.9 Å². The Labute approximate surface area is 129 Å². The summed E-state index contributed by atoms with van der Waals surface area (Å²) in [7, 11) is 9.57. The predicted octanol–water partition coefficient (Wildman–Crippen LogP) is 1.53. The molecule has 1 aliphatic heterocycles. The smallest absolute Gasteiger partial charge is 0.300 e. The Morgan fingerprint density at radius 3 is 2.57 bits per heavy atom. The highest BCUT2D eigenvalue weighted by molar-refractivity contribution is 6.26. The fourth-order valence-electron chi connectivity index (χ4n) is 2.85.